The molecule has 0 bridgehead atoms. The summed E-state index contributed by atoms with van der Waals surface area (Å²) in [4.78, 5) is 4.61. The highest BCUT2D eigenvalue weighted by Gasteiger charge is 2.15. The van der Waals surface area contributed by atoms with Gasteiger partial charge in [0.1, 0.15) is 5.82 Å². The minimum Gasteiger partial charge on any atom is -0.370 e. The van der Waals surface area contributed by atoms with Gasteiger partial charge in [0.25, 0.3) is 5.78 Å². The second-order valence-corrected chi connectivity index (χ2v) is 6.67. The normalized spacial score (nSPS) is 11.3. The Morgan fingerprint density at radius 1 is 1.17 bits per heavy atom. The molecule has 0 atom stereocenters. The van der Waals surface area contributed by atoms with Crippen LogP contribution in [0.5, 0.6) is 0 Å². The average Bonchev–Trinajstić information content (AvgIpc) is 2.99. The fraction of sp³-hybridized carbons (Fsp3) is 0.118. The molecule has 1 N–H and O–H groups in total. The fourth-order valence-corrected chi connectivity index (χ4v) is 3.30. The summed E-state index contributed by atoms with van der Waals surface area (Å²) in [6.45, 7) is 2.80. The first kappa shape index (κ1) is 15.4. The first-order chi connectivity index (χ1) is 11.7. The Kier molecular flexibility index (Phi) is 3.86. The van der Waals surface area contributed by atoms with Gasteiger partial charge in [0.15, 0.2) is 5.82 Å². The van der Waals surface area contributed by atoms with E-state index < -0.39 is 0 Å². The minimum atomic E-state index is 0.538. The summed E-state index contributed by atoms with van der Waals surface area (Å²) in [5.41, 5.74) is 1.87. The first-order valence-electron chi connectivity index (χ1n) is 7.51. The molecule has 4 rings (SSSR count). The van der Waals surface area contributed by atoms with Crippen LogP contribution in [-0.2, 0) is 0 Å². The summed E-state index contributed by atoms with van der Waals surface area (Å²) in [5.74, 6) is 2.05. The van der Waals surface area contributed by atoms with Crippen molar-refractivity contribution in [2.24, 2.45) is 0 Å². The third-order valence-electron chi connectivity index (χ3n) is 3.74. The molecule has 2 heterocycles. The second-order valence-electron chi connectivity index (χ2n) is 5.32. The van der Waals surface area contributed by atoms with Gasteiger partial charge in [-0.05, 0) is 37.3 Å². The lowest BCUT2D eigenvalue weighted by molar-refractivity contribution is 1.09. The lowest BCUT2D eigenvalue weighted by Gasteiger charge is -2.10. The van der Waals surface area contributed by atoms with Crippen LogP contribution in [0.15, 0.2) is 46.9 Å². The van der Waals surface area contributed by atoms with Crippen LogP contribution in [0.4, 0.5) is 5.82 Å². The van der Waals surface area contributed by atoms with E-state index >= 15 is 0 Å². The molecular weight excluding hydrogens is 390 g/mol. The quantitative estimate of drug-likeness (QED) is 0.535. The summed E-state index contributed by atoms with van der Waals surface area (Å²) >= 11 is 9.74. The Hall–Kier alpha value is -2.18. The number of rotatable bonds is 3. The van der Waals surface area contributed by atoms with Gasteiger partial charge < -0.3 is 5.32 Å². The van der Waals surface area contributed by atoms with Crippen molar-refractivity contribution in [2.75, 3.05) is 11.9 Å². The van der Waals surface area contributed by atoms with Crippen LogP contribution in [-0.4, -0.2) is 26.1 Å². The number of aromatic nitrogens is 4. The highest BCUT2D eigenvalue weighted by atomic mass is 79.9. The summed E-state index contributed by atoms with van der Waals surface area (Å²) in [6.07, 6.45) is 0. The molecule has 2 aromatic heterocycles. The molecule has 4 aromatic rings. The molecule has 0 saturated carbocycles. The topological polar surface area (TPSA) is 55.1 Å². The molecule has 120 valence electrons. The lowest BCUT2D eigenvalue weighted by Crippen LogP contribution is -2.04. The standard InChI is InChI=1S/C17H13BrClN5/c1-2-20-15-13-7-6-12(19)9-14(13)24-16(22-23-17(24)21-15)10-4-3-5-11(18)8-10/h3-9H,2H2,1H3,(H,20,21,23). The molecule has 5 nitrogen and oxygen atoms in total. The van der Waals surface area contributed by atoms with Crippen LogP contribution in [0.2, 0.25) is 5.02 Å². The summed E-state index contributed by atoms with van der Waals surface area (Å²) < 4.78 is 2.92. The molecule has 2 aromatic carbocycles. The predicted octanol–water partition coefficient (Wildman–Crippen LogP) is 4.79. The van der Waals surface area contributed by atoms with Gasteiger partial charge in [0.2, 0.25) is 0 Å². The molecule has 7 heteroatoms. The molecule has 0 radical (unpaired) electrons. The molecule has 0 spiro atoms. The second kappa shape index (κ2) is 6.03. The van der Waals surface area contributed by atoms with E-state index in [1.807, 2.05) is 53.8 Å². The van der Waals surface area contributed by atoms with Gasteiger partial charge in [-0.1, -0.05) is 39.7 Å². The number of hydrogen-bond acceptors (Lipinski definition) is 4. The van der Waals surface area contributed by atoms with E-state index in [4.69, 9.17) is 11.6 Å². The molecule has 0 aliphatic rings. The third-order valence-corrected chi connectivity index (χ3v) is 4.47. The van der Waals surface area contributed by atoms with Crippen molar-refractivity contribution in [3.05, 3.63) is 52.0 Å². The Balaban J connectivity index is 2.10. The number of anilines is 1. The molecule has 0 aliphatic carbocycles. The van der Waals surface area contributed by atoms with Gasteiger partial charge in [-0.2, -0.15) is 4.98 Å². The van der Waals surface area contributed by atoms with Crippen molar-refractivity contribution < 1.29 is 0 Å². The largest absolute Gasteiger partial charge is 0.370 e. The fourth-order valence-electron chi connectivity index (χ4n) is 2.74. The molecule has 0 saturated heterocycles. The summed E-state index contributed by atoms with van der Waals surface area (Å²) in [7, 11) is 0. The molecule has 0 unspecified atom stereocenters. The molecular formula is C17H13BrClN5. The van der Waals surface area contributed by atoms with Gasteiger partial charge in [0.05, 0.1) is 5.52 Å². The van der Waals surface area contributed by atoms with Crippen LogP contribution in [0.3, 0.4) is 0 Å². The van der Waals surface area contributed by atoms with Gasteiger partial charge in [-0.3, -0.25) is 4.40 Å². The van der Waals surface area contributed by atoms with E-state index in [2.05, 4.69) is 36.4 Å². The molecule has 0 fully saturated rings. The summed E-state index contributed by atoms with van der Waals surface area (Å²) in [5, 5.41) is 13.5. The Morgan fingerprint density at radius 3 is 2.83 bits per heavy atom. The van der Waals surface area contributed by atoms with E-state index in [1.165, 1.54) is 0 Å². The number of halogens is 2. The van der Waals surface area contributed by atoms with E-state index in [0.717, 1.165) is 39.1 Å². The van der Waals surface area contributed by atoms with E-state index in [1.54, 1.807) is 0 Å². The highest BCUT2D eigenvalue weighted by Crippen LogP contribution is 2.29. The highest BCUT2D eigenvalue weighted by molar-refractivity contribution is 9.10. The number of nitrogens with zero attached hydrogens (tertiary/aromatic N) is 4. The average molecular weight is 403 g/mol. The van der Waals surface area contributed by atoms with Gasteiger partial charge in [-0.15, -0.1) is 10.2 Å². The zero-order valence-corrected chi connectivity index (χ0v) is 15.1. The molecule has 24 heavy (non-hydrogen) atoms. The van der Waals surface area contributed by atoms with Crippen molar-refractivity contribution in [1.29, 1.82) is 0 Å². The van der Waals surface area contributed by atoms with Gasteiger partial charge in [-0.25, -0.2) is 0 Å². The van der Waals surface area contributed by atoms with Crippen LogP contribution in [0, 0.1) is 0 Å². The smallest absolute Gasteiger partial charge is 0.257 e. The van der Waals surface area contributed by atoms with Crippen LogP contribution >= 0.6 is 27.5 Å². The number of benzene rings is 2. The summed E-state index contributed by atoms with van der Waals surface area (Å²) in [6, 6.07) is 13.7. The Morgan fingerprint density at radius 2 is 2.04 bits per heavy atom. The van der Waals surface area contributed by atoms with Crippen molar-refractivity contribution in [3.8, 4) is 11.4 Å². The van der Waals surface area contributed by atoms with E-state index in [-0.39, 0.29) is 0 Å². The number of nitrogens with one attached hydrogen (secondary N) is 1. The molecule has 0 amide bonds. The van der Waals surface area contributed by atoms with Crippen molar-refractivity contribution in [2.45, 2.75) is 6.92 Å². The minimum absolute atomic E-state index is 0.538. The van der Waals surface area contributed by atoms with Crippen LogP contribution < -0.4 is 5.32 Å². The SMILES string of the molecule is CCNc1nc2nnc(-c3cccc(Br)c3)n2c2cc(Cl)ccc12. The number of fused-ring (bicyclic) bond motifs is 3. The zero-order chi connectivity index (χ0) is 16.7. The van der Waals surface area contributed by atoms with Crippen molar-refractivity contribution in [1.82, 2.24) is 19.6 Å². The maximum Gasteiger partial charge on any atom is 0.257 e. The maximum absolute atomic E-state index is 6.24. The van der Waals surface area contributed by atoms with Gasteiger partial charge >= 0.3 is 0 Å². The Labute approximate surface area is 151 Å². The first-order valence-corrected chi connectivity index (χ1v) is 8.68. The van der Waals surface area contributed by atoms with Gasteiger partial charge in [0, 0.05) is 27.0 Å². The molecule has 0 aliphatic heterocycles. The third kappa shape index (κ3) is 2.52. The predicted molar refractivity (Wildman–Crippen MR) is 101 cm³/mol. The van der Waals surface area contributed by atoms with Crippen molar-refractivity contribution in [3.63, 3.8) is 0 Å². The van der Waals surface area contributed by atoms with Crippen LogP contribution in [0.1, 0.15) is 6.92 Å². The lowest BCUT2D eigenvalue weighted by atomic mass is 10.2. The van der Waals surface area contributed by atoms with Crippen LogP contribution in [0.25, 0.3) is 28.1 Å². The van der Waals surface area contributed by atoms with E-state index in [9.17, 15) is 0 Å². The maximum atomic E-state index is 6.24. The van der Waals surface area contributed by atoms with Crippen molar-refractivity contribution >= 4 is 50.0 Å². The monoisotopic (exact) mass is 401 g/mol. The zero-order valence-electron chi connectivity index (χ0n) is 12.8. The Bertz CT molecular complexity index is 1060. The number of hydrogen-bond donors (Lipinski definition) is 1. The van der Waals surface area contributed by atoms with E-state index in [0.29, 0.717) is 10.8 Å².